The lowest BCUT2D eigenvalue weighted by molar-refractivity contribution is 0.278. The molecule has 0 saturated heterocycles. The van der Waals surface area contributed by atoms with Crippen LogP contribution in [0.2, 0.25) is 0 Å². The van der Waals surface area contributed by atoms with E-state index in [2.05, 4.69) is 23.5 Å². The first-order chi connectivity index (χ1) is 9.81. The monoisotopic (exact) mass is 314 g/mol. The standard InChI is InChI=1S/C15H26N2O3S/c1-5-14-7-6-13(11-18)10-15(14)21(19,20)16-8-9-17(4)12(2)3/h6-7,10,12,16,18H,5,8-9,11H2,1-4H3. The maximum Gasteiger partial charge on any atom is 0.240 e. The molecule has 0 radical (unpaired) electrons. The number of nitrogens with one attached hydrogen (secondary N) is 1. The van der Waals surface area contributed by atoms with Gasteiger partial charge in [-0.3, -0.25) is 0 Å². The minimum absolute atomic E-state index is 0.164. The van der Waals surface area contributed by atoms with Gasteiger partial charge in [-0.1, -0.05) is 19.1 Å². The summed E-state index contributed by atoms with van der Waals surface area (Å²) in [5.74, 6) is 0. The van der Waals surface area contributed by atoms with Crippen LogP contribution in [-0.2, 0) is 23.1 Å². The van der Waals surface area contributed by atoms with E-state index in [1.165, 1.54) is 0 Å². The average Bonchev–Trinajstić information content (AvgIpc) is 2.46. The van der Waals surface area contributed by atoms with Crippen LogP contribution in [0, 0.1) is 0 Å². The number of aliphatic hydroxyl groups is 1. The fourth-order valence-corrected chi connectivity index (χ4v) is 3.31. The molecule has 0 aliphatic carbocycles. The van der Waals surface area contributed by atoms with Crippen molar-refractivity contribution in [1.29, 1.82) is 0 Å². The third kappa shape index (κ3) is 5.07. The molecule has 0 aromatic heterocycles. The van der Waals surface area contributed by atoms with Crippen molar-refractivity contribution in [1.82, 2.24) is 9.62 Å². The van der Waals surface area contributed by atoms with Gasteiger partial charge in [-0.2, -0.15) is 0 Å². The van der Waals surface area contributed by atoms with Crippen LogP contribution in [0.25, 0.3) is 0 Å². The highest BCUT2D eigenvalue weighted by Crippen LogP contribution is 2.18. The first-order valence-corrected chi connectivity index (χ1v) is 8.72. The lowest BCUT2D eigenvalue weighted by atomic mass is 10.1. The SMILES string of the molecule is CCc1ccc(CO)cc1S(=O)(=O)NCCN(C)C(C)C. The number of benzene rings is 1. The van der Waals surface area contributed by atoms with Gasteiger partial charge in [-0.15, -0.1) is 0 Å². The summed E-state index contributed by atoms with van der Waals surface area (Å²) in [7, 11) is -1.58. The van der Waals surface area contributed by atoms with E-state index in [0.29, 0.717) is 31.1 Å². The molecular weight excluding hydrogens is 288 g/mol. The topological polar surface area (TPSA) is 69.6 Å². The first kappa shape index (κ1) is 18.1. The van der Waals surface area contributed by atoms with Crippen LogP contribution < -0.4 is 4.72 Å². The van der Waals surface area contributed by atoms with E-state index in [4.69, 9.17) is 0 Å². The van der Waals surface area contributed by atoms with Crippen LogP contribution in [0.5, 0.6) is 0 Å². The van der Waals surface area contributed by atoms with E-state index in [0.717, 1.165) is 5.56 Å². The van der Waals surface area contributed by atoms with Gasteiger partial charge in [0.1, 0.15) is 0 Å². The van der Waals surface area contributed by atoms with Gasteiger partial charge < -0.3 is 10.0 Å². The molecule has 1 rings (SSSR count). The Morgan fingerprint density at radius 2 is 2.00 bits per heavy atom. The van der Waals surface area contributed by atoms with E-state index < -0.39 is 10.0 Å². The smallest absolute Gasteiger partial charge is 0.240 e. The molecule has 0 amide bonds. The quantitative estimate of drug-likeness (QED) is 0.760. The van der Waals surface area contributed by atoms with Gasteiger partial charge in [0.2, 0.25) is 10.0 Å². The molecule has 0 atom stereocenters. The molecule has 21 heavy (non-hydrogen) atoms. The van der Waals surface area contributed by atoms with Gasteiger partial charge in [0.05, 0.1) is 11.5 Å². The molecular formula is C15H26N2O3S. The lowest BCUT2D eigenvalue weighted by Gasteiger charge is -2.21. The highest BCUT2D eigenvalue weighted by atomic mass is 32.2. The molecule has 0 unspecified atom stereocenters. The fraction of sp³-hybridized carbons (Fsp3) is 0.600. The summed E-state index contributed by atoms with van der Waals surface area (Å²) in [5.41, 5.74) is 1.36. The van der Waals surface area contributed by atoms with Crippen LogP contribution in [0.3, 0.4) is 0 Å². The minimum Gasteiger partial charge on any atom is -0.392 e. The Kier molecular flexibility index (Phi) is 6.80. The Bertz CT molecular complexity index is 556. The number of hydrogen-bond donors (Lipinski definition) is 2. The summed E-state index contributed by atoms with van der Waals surface area (Å²) in [4.78, 5) is 2.34. The van der Waals surface area contributed by atoms with Gasteiger partial charge >= 0.3 is 0 Å². The molecule has 0 aliphatic heterocycles. The fourth-order valence-electron chi connectivity index (χ4n) is 1.93. The zero-order chi connectivity index (χ0) is 16.0. The molecule has 5 nitrogen and oxygen atoms in total. The third-order valence-electron chi connectivity index (χ3n) is 3.62. The number of nitrogens with zero attached hydrogens (tertiary/aromatic N) is 1. The predicted octanol–water partition coefficient (Wildman–Crippen LogP) is 1.36. The Hall–Kier alpha value is -0.950. The number of sulfonamides is 1. The van der Waals surface area contributed by atoms with Crippen LogP contribution >= 0.6 is 0 Å². The molecule has 120 valence electrons. The molecule has 1 aromatic carbocycles. The molecule has 0 fully saturated rings. The zero-order valence-electron chi connectivity index (χ0n) is 13.3. The van der Waals surface area contributed by atoms with Gasteiger partial charge in [0.15, 0.2) is 0 Å². The second kappa shape index (κ2) is 7.89. The summed E-state index contributed by atoms with van der Waals surface area (Å²) >= 11 is 0. The second-order valence-electron chi connectivity index (χ2n) is 5.43. The molecule has 0 spiro atoms. The molecule has 6 heteroatoms. The zero-order valence-corrected chi connectivity index (χ0v) is 14.1. The van der Waals surface area contributed by atoms with Crippen molar-refractivity contribution in [2.75, 3.05) is 20.1 Å². The largest absolute Gasteiger partial charge is 0.392 e. The van der Waals surface area contributed by atoms with Crippen molar-refractivity contribution in [2.24, 2.45) is 0 Å². The maximum absolute atomic E-state index is 12.4. The second-order valence-corrected chi connectivity index (χ2v) is 7.16. The predicted molar refractivity (Wildman–Crippen MR) is 84.7 cm³/mol. The summed E-state index contributed by atoms with van der Waals surface area (Å²) in [6.07, 6.45) is 0.633. The van der Waals surface area contributed by atoms with Crippen molar-refractivity contribution in [3.05, 3.63) is 29.3 Å². The Morgan fingerprint density at radius 3 is 2.52 bits per heavy atom. The molecule has 0 aliphatic rings. The van der Waals surface area contributed by atoms with E-state index in [1.807, 2.05) is 14.0 Å². The van der Waals surface area contributed by atoms with Gasteiger partial charge in [0.25, 0.3) is 0 Å². The summed E-state index contributed by atoms with van der Waals surface area (Å²) < 4.78 is 27.5. The number of rotatable bonds is 8. The Labute approximate surface area is 128 Å². The van der Waals surface area contributed by atoms with E-state index in [-0.39, 0.29) is 11.5 Å². The summed E-state index contributed by atoms with van der Waals surface area (Å²) in [6, 6.07) is 5.44. The molecule has 0 saturated carbocycles. The number of aliphatic hydroxyl groups excluding tert-OH is 1. The minimum atomic E-state index is -3.54. The third-order valence-corrected chi connectivity index (χ3v) is 5.17. The van der Waals surface area contributed by atoms with Crippen molar-refractivity contribution in [3.63, 3.8) is 0 Å². The van der Waals surface area contributed by atoms with Gasteiger partial charge in [0, 0.05) is 19.1 Å². The van der Waals surface area contributed by atoms with Crippen LogP contribution in [0.15, 0.2) is 23.1 Å². The van der Waals surface area contributed by atoms with Crippen LogP contribution in [0.1, 0.15) is 31.9 Å². The van der Waals surface area contributed by atoms with Crippen molar-refractivity contribution < 1.29 is 13.5 Å². The normalized spacial score (nSPS) is 12.3. The number of hydrogen-bond acceptors (Lipinski definition) is 4. The maximum atomic E-state index is 12.4. The van der Waals surface area contributed by atoms with Crippen molar-refractivity contribution in [3.8, 4) is 0 Å². The Balaban J connectivity index is 2.87. The van der Waals surface area contributed by atoms with Gasteiger partial charge in [-0.05, 0) is 44.5 Å². The molecule has 2 N–H and O–H groups in total. The average molecular weight is 314 g/mol. The van der Waals surface area contributed by atoms with Gasteiger partial charge in [-0.25, -0.2) is 13.1 Å². The van der Waals surface area contributed by atoms with E-state index in [1.54, 1.807) is 18.2 Å². The summed E-state index contributed by atoms with van der Waals surface area (Å²) in [6.45, 7) is 6.90. The van der Waals surface area contributed by atoms with Crippen LogP contribution in [-0.4, -0.2) is 44.6 Å². The highest BCUT2D eigenvalue weighted by Gasteiger charge is 2.18. The van der Waals surface area contributed by atoms with Crippen molar-refractivity contribution >= 4 is 10.0 Å². The molecule has 1 aromatic rings. The Morgan fingerprint density at radius 1 is 1.33 bits per heavy atom. The number of aryl methyl sites for hydroxylation is 1. The van der Waals surface area contributed by atoms with Crippen molar-refractivity contribution in [2.45, 2.75) is 44.7 Å². The lowest BCUT2D eigenvalue weighted by Crippen LogP contribution is -2.36. The molecule has 0 bridgehead atoms. The number of likely N-dealkylation sites (N-methyl/N-ethyl adjacent to an activating group) is 1. The van der Waals surface area contributed by atoms with E-state index in [9.17, 15) is 13.5 Å². The van der Waals surface area contributed by atoms with Crippen LogP contribution in [0.4, 0.5) is 0 Å². The first-order valence-electron chi connectivity index (χ1n) is 7.24. The summed E-state index contributed by atoms with van der Waals surface area (Å²) in [5, 5.41) is 9.18. The highest BCUT2D eigenvalue weighted by molar-refractivity contribution is 7.89. The molecule has 0 heterocycles. The van der Waals surface area contributed by atoms with E-state index >= 15 is 0 Å².